The van der Waals surface area contributed by atoms with E-state index in [1.165, 1.54) is 0 Å². The van der Waals surface area contributed by atoms with Crippen LogP contribution in [0, 0.1) is 0 Å². The van der Waals surface area contributed by atoms with E-state index in [0.717, 1.165) is 27.1 Å². The van der Waals surface area contributed by atoms with Crippen molar-refractivity contribution < 1.29 is 17.9 Å². The molecule has 2 nitrogen and oxygen atoms in total. The van der Waals surface area contributed by atoms with Crippen molar-refractivity contribution in [3.8, 4) is 0 Å². The van der Waals surface area contributed by atoms with Gasteiger partial charge in [-0.3, -0.25) is 0 Å². The van der Waals surface area contributed by atoms with Crippen molar-refractivity contribution in [2.75, 3.05) is 13.2 Å². The Hall–Kier alpha value is -1.11. The number of fused-ring (bicyclic) bond motifs is 1. The van der Waals surface area contributed by atoms with Gasteiger partial charge in [-0.2, -0.15) is 13.2 Å². The third-order valence-electron chi connectivity index (χ3n) is 3.09. The summed E-state index contributed by atoms with van der Waals surface area (Å²) in [5.74, 6) is 0. The Kier molecular flexibility index (Phi) is 5.61. The second-order valence-corrected chi connectivity index (χ2v) is 5.83. The molecule has 0 aliphatic rings. The zero-order valence-electron chi connectivity index (χ0n) is 11.8. The number of benzene rings is 1. The SMILES string of the molecule is CCNCc1sc2ccccc2c1COCCC(F)(F)F. The molecule has 6 heteroatoms. The molecule has 0 fully saturated rings. The van der Waals surface area contributed by atoms with Gasteiger partial charge >= 0.3 is 6.18 Å². The molecule has 1 N–H and O–H groups in total. The number of alkyl halides is 3. The molecule has 1 aromatic heterocycles. The van der Waals surface area contributed by atoms with Gasteiger partial charge in [0.1, 0.15) is 0 Å². The summed E-state index contributed by atoms with van der Waals surface area (Å²) >= 11 is 1.66. The number of thiophene rings is 1. The first kappa shape index (κ1) is 16.3. The Morgan fingerprint density at radius 2 is 2.00 bits per heavy atom. The van der Waals surface area contributed by atoms with Crippen molar-refractivity contribution in [3.05, 3.63) is 34.7 Å². The molecular formula is C15H18F3NOS. The molecule has 0 spiro atoms. The van der Waals surface area contributed by atoms with Gasteiger partial charge in [0.05, 0.1) is 19.6 Å². The highest BCUT2D eigenvalue weighted by Crippen LogP contribution is 2.32. The lowest BCUT2D eigenvalue weighted by Gasteiger charge is -2.09. The highest BCUT2D eigenvalue weighted by atomic mass is 32.1. The Morgan fingerprint density at radius 1 is 1.24 bits per heavy atom. The Labute approximate surface area is 125 Å². The molecule has 0 bridgehead atoms. The van der Waals surface area contributed by atoms with Crippen LogP contribution in [-0.4, -0.2) is 19.3 Å². The van der Waals surface area contributed by atoms with E-state index >= 15 is 0 Å². The lowest BCUT2D eigenvalue weighted by atomic mass is 10.1. The van der Waals surface area contributed by atoms with Crippen molar-refractivity contribution in [2.24, 2.45) is 0 Å². The summed E-state index contributed by atoms with van der Waals surface area (Å²) in [6, 6.07) is 7.91. The number of hydrogen-bond acceptors (Lipinski definition) is 3. The summed E-state index contributed by atoms with van der Waals surface area (Å²) in [6.07, 6.45) is -5.07. The predicted octanol–water partition coefficient (Wildman–Crippen LogP) is 4.48. The number of hydrogen-bond donors (Lipinski definition) is 1. The average molecular weight is 317 g/mol. The van der Waals surface area contributed by atoms with Crippen LogP contribution in [0.25, 0.3) is 10.1 Å². The van der Waals surface area contributed by atoms with Crippen LogP contribution in [0.3, 0.4) is 0 Å². The first-order chi connectivity index (χ1) is 10.0. The minimum Gasteiger partial charge on any atom is -0.376 e. The highest BCUT2D eigenvalue weighted by molar-refractivity contribution is 7.19. The summed E-state index contributed by atoms with van der Waals surface area (Å²) in [4.78, 5) is 1.13. The largest absolute Gasteiger partial charge is 0.391 e. The summed E-state index contributed by atoms with van der Waals surface area (Å²) in [6.45, 7) is 3.51. The summed E-state index contributed by atoms with van der Waals surface area (Å²) in [5, 5.41) is 4.33. The van der Waals surface area contributed by atoms with Gasteiger partial charge in [-0.05, 0) is 18.0 Å². The van der Waals surface area contributed by atoms with Gasteiger partial charge in [-0.1, -0.05) is 25.1 Å². The van der Waals surface area contributed by atoms with Crippen molar-refractivity contribution in [1.29, 1.82) is 0 Å². The number of halogens is 3. The highest BCUT2D eigenvalue weighted by Gasteiger charge is 2.26. The van der Waals surface area contributed by atoms with E-state index in [1.54, 1.807) is 11.3 Å². The molecule has 1 aromatic carbocycles. The maximum absolute atomic E-state index is 12.1. The van der Waals surface area contributed by atoms with Gasteiger partial charge in [0, 0.05) is 21.7 Å². The molecule has 0 unspecified atom stereocenters. The smallest absolute Gasteiger partial charge is 0.376 e. The van der Waals surface area contributed by atoms with E-state index in [-0.39, 0.29) is 13.2 Å². The van der Waals surface area contributed by atoms with Crippen molar-refractivity contribution >= 4 is 21.4 Å². The number of ether oxygens (including phenoxy) is 1. The zero-order valence-corrected chi connectivity index (χ0v) is 12.6. The monoisotopic (exact) mass is 317 g/mol. The molecule has 2 rings (SSSR count). The average Bonchev–Trinajstić information content (AvgIpc) is 2.78. The van der Waals surface area contributed by atoms with Gasteiger partial charge in [0.2, 0.25) is 0 Å². The minimum atomic E-state index is -4.16. The van der Waals surface area contributed by atoms with E-state index in [9.17, 15) is 13.2 Å². The Bertz CT molecular complexity index is 580. The molecule has 0 amide bonds. The quantitative estimate of drug-likeness (QED) is 0.760. The van der Waals surface area contributed by atoms with Crippen molar-refractivity contribution in [1.82, 2.24) is 5.32 Å². The molecule has 0 radical (unpaired) electrons. The fraction of sp³-hybridized carbons (Fsp3) is 0.467. The van der Waals surface area contributed by atoms with Crippen LogP contribution in [0.5, 0.6) is 0 Å². The van der Waals surface area contributed by atoms with Crippen molar-refractivity contribution in [2.45, 2.75) is 32.7 Å². The lowest BCUT2D eigenvalue weighted by Crippen LogP contribution is -2.13. The van der Waals surface area contributed by atoms with Crippen LogP contribution in [-0.2, 0) is 17.9 Å². The molecule has 1 heterocycles. The number of rotatable bonds is 7. The van der Waals surface area contributed by atoms with Gasteiger partial charge < -0.3 is 10.1 Å². The standard InChI is InChI=1S/C15H18F3NOS/c1-2-19-9-14-12(10-20-8-7-15(16,17)18)11-5-3-4-6-13(11)21-14/h3-6,19H,2,7-10H2,1H3. The molecule has 2 aromatic rings. The minimum absolute atomic E-state index is 0.223. The topological polar surface area (TPSA) is 21.3 Å². The zero-order chi connectivity index (χ0) is 15.3. The Balaban J connectivity index is 2.08. The summed E-state index contributed by atoms with van der Waals surface area (Å²) in [7, 11) is 0. The van der Waals surface area contributed by atoms with Crippen LogP contribution in [0.2, 0.25) is 0 Å². The molecule has 0 aliphatic heterocycles. The van der Waals surface area contributed by atoms with Gasteiger partial charge in [-0.15, -0.1) is 11.3 Å². The van der Waals surface area contributed by atoms with Crippen molar-refractivity contribution in [3.63, 3.8) is 0 Å². The Morgan fingerprint density at radius 3 is 2.71 bits per heavy atom. The third-order valence-corrected chi connectivity index (χ3v) is 4.31. The normalized spacial score (nSPS) is 12.2. The lowest BCUT2D eigenvalue weighted by molar-refractivity contribution is -0.146. The van der Waals surface area contributed by atoms with Crippen LogP contribution < -0.4 is 5.32 Å². The molecule has 0 aliphatic carbocycles. The molecule has 0 saturated heterocycles. The summed E-state index contributed by atoms with van der Waals surface area (Å²) in [5.41, 5.74) is 0.999. The van der Waals surface area contributed by atoms with E-state index in [2.05, 4.69) is 5.32 Å². The number of nitrogens with one attached hydrogen (secondary N) is 1. The second-order valence-electron chi connectivity index (χ2n) is 4.70. The van der Waals surface area contributed by atoms with Gasteiger partial charge in [0.15, 0.2) is 0 Å². The predicted molar refractivity (Wildman–Crippen MR) is 79.5 cm³/mol. The fourth-order valence-corrected chi connectivity index (χ4v) is 3.23. The first-order valence-corrected chi connectivity index (χ1v) is 7.67. The maximum Gasteiger partial charge on any atom is 0.391 e. The molecule has 0 saturated carbocycles. The fourth-order valence-electron chi connectivity index (χ4n) is 2.05. The second kappa shape index (κ2) is 7.24. The molecular weight excluding hydrogens is 299 g/mol. The molecule has 116 valence electrons. The van der Waals surface area contributed by atoms with E-state index in [0.29, 0.717) is 6.54 Å². The van der Waals surface area contributed by atoms with Crippen LogP contribution in [0.4, 0.5) is 13.2 Å². The van der Waals surface area contributed by atoms with Crippen LogP contribution >= 0.6 is 11.3 Å². The molecule has 21 heavy (non-hydrogen) atoms. The first-order valence-electron chi connectivity index (χ1n) is 6.85. The maximum atomic E-state index is 12.1. The third kappa shape index (κ3) is 4.69. The van der Waals surface area contributed by atoms with Gasteiger partial charge in [-0.25, -0.2) is 0 Å². The molecule has 0 atom stereocenters. The summed E-state index contributed by atoms with van der Waals surface area (Å²) < 4.78 is 42.8. The van der Waals surface area contributed by atoms with Crippen LogP contribution in [0.1, 0.15) is 23.8 Å². The van der Waals surface area contributed by atoms with Gasteiger partial charge in [0.25, 0.3) is 0 Å². The van der Waals surface area contributed by atoms with E-state index < -0.39 is 12.6 Å². The van der Waals surface area contributed by atoms with E-state index in [1.807, 2.05) is 31.2 Å². The van der Waals surface area contributed by atoms with Crippen LogP contribution in [0.15, 0.2) is 24.3 Å². The van der Waals surface area contributed by atoms with E-state index in [4.69, 9.17) is 4.74 Å².